The predicted octanol–water partition coefficient (Wildman–Crippen LogP) is 1.75. The molecule has 3 atom stereocenters. The number of piperazine rings is 1. The maximum absolute atomic E-state index is 12.0. The smallest absolute Gasteiger partial charge is 0.410 e. The fraction of sp³-hybridized carbons (Fsp3) is 0.917. The van der Waals surface area contributed by atoms with Gasteiger partial charge in [-0.3, -0.25) is 0 Å². The fourth-order valence-electron chi connectivity index (χ4n) is 2.56. The summed E-state index contributed by atoms with van der Waals surface area (Å²) in [7, 11) is 0. The van der Waals surface area contributed by atoms with E-state index < -0.39 is 5.60 Å². The molecule has 4 nitrogen and oxygen atoms in total. The zero-order chi connectivity index (χ0) is 11.9. The minimum Gasteiger partial charge on any atom is -0.444 e. The Hall–Kier alpha value is -0.770. The van der Waals surface area contributed by atoms with Gasteiger partial charge >= 0.3 is 6.09 Å². The highest BCUT2D eigenvalue weighted by atomic mass is 16.6. The summed E-state index contributed by atoms with van der Waals surface area (Å²) < 4.78 is 5.43. The van der Waals surface area contributed by atoms with Gasteiger partial charge in [0.1, 0.15) is 5.60 Å². The number of hydrogen-bond acceptors (Lipinski definition) is 3. The first-order chi connectivity index (χ1) is 7.37. The number of carbonyl (C=O) groups excluding carboxylic acids is 1. The molecule has 0 spiro atoms. The molecule has 92 valence electrons. The Balaban J connectivity index is 2.01. The van der Waals surface area contributed by atoms with E-state index in [-0.39, 0.29) is 12.1 Å². The second-order valence-corrected chi connectivity index (χ2v) is 5.92. The number of ether oxygens (including phenoxy) is 1. The zero-order valence-corrected chi connectivity index (χ0v) is 10.6. The van der Waals surface area contributed by atoms with Crippen LogP contribution >= 0.6 is 0 Å². The molecule has 0 radical (unpaired) electrons. The van der Waals surface area contributed by atoms with Crippen LogP contribution in [0.25, 0.3) is 0 Å². The third-order valence-corrected chi connectivity index (χ3v) is 3.39. The minimum atomic E-state index is -0.402. The Morgan fingerprint density at radius 3 is 2.69 bits per heavy atom. The van der Waals surface area contributed by atoms with Gasteiger partial charge in [0.2, 0.25) is 0 Å². The van der Waals surface area contributed by atoms with Crippen LogP contribution in [0, 0.1) is 0 Å². The van der Waals surface area contributed by atoms with Gasteiger partial charge in [0, 0.05) is 24.7 Å². The van der Waals surface area contributed by atoms with Gasteiger partial charge in [-0.2, -0.15) is 0 Å². The second-order valence-electron chi connectivity index (χ2n) is 5.92. The van der Waals surface area contributed by atoms with E-state index in [1.54, 1.807) is 0 Å². The van der Waals surface area contributed by atoms with Crippen molar-refractivity contribution in [3.63, 3.8) is 0 Å². The number of amides is 1. The quantitative estimate of drug-likeness (QED) is 0.684. The fourth-order valence-corrected chi connectivity index (χ4v) is 2.56. The number of fused-ring (bicyclic) bond motifs is 2. The van der Waals surface area contributed by atoms with Crippen molar-refractivity contribution in [1.82, 2.24) is 10.2 Å². The highest BCUT2D eigenvalue weighted by Crippen LogP contribution is 2.26. The summed E-state index contributed by atoms with van der Waals surface area (Å²) >= 11 is 0. The topological polar surface area (TPSA) is 41.6 Å². The van der Waals surface area contributed by atoms with Crippen LogP contribution in [0.15, 0.2) is 0 Å². The monoisotopic (exact) mass is 226 g/mol. The maximum atomic E-state index is 12.0. The van der Waals surface area contributed by atoms with E-state index in [4.69, 9.17) is 4.74 Å². The normalized spacial score (nSPS) is 34.0. The van der Waals surface area contributed by atoms with Crippen molar-refractivity contribution in [1.29, 1.82) is 0 Å². The molecule has 0 aromatic rings. The lowest BCUT2D eigenvalue weighted by atomic mass is 10.1. The van der Waals surface area contributed by atoms with E-state index in [2.05, 4.69) is 12.2 Å². The van der Waals surface area contributed by atoms with Crippen LogP contribution in [-0.4, -0.2) is 41.3 Å². The molecule has 0 saturated carbocycles. The number of rotatable bonds is 0. The third-order valence-electron chi connectivity index (χ3n) is 3.39. The lowest BCUT2D eigenvalue weighted by Crippen LogP contribution is -2.59. The van der Waals surface area contributed by atoms with Crippen LogP contribution in [0.1, 0.15) is 40.5 Å². The van der Waals surface area contributed by atoms with Crippen LogP contribution in [-0.2, 0) is 4.74 Å². The van der Waals surface area contributed by atoms with E-state index >= 15 is 0 Å². The second kappa shape index (κ2) is 3.91. The number of nitrogens with zero attached hydrogens (tertiary/aromatic N) is 1. The molecule has 0 aliphatic carbocycles. The van der Waals surface area contributed by atoms with Crippen LogP contribution < -0.4 is 5.32 Å². The van der Waals surface area contributed by atoms with Gasteiger partial charge in [-0.25, -0.2) is 4.79 Å². The van der Waals surface area contributed by atoms with Crippen LogP contribution in [0.3, 0.4) is 0 Å². The summed E-state index contributed by atoms with van der Waals surface area (Å²) in [6.07, 6.45) is 2.18. The van der Waals surface area contributed by atoms with Crippen LogP contribution in [0.5, 0.6) is 0 Å². The SMILES string of the molecule is CC1C2CCC(CN1C(=O)OC(C)(C)C)N2. The molecule has 0 aromatic carbocycles. The molecule has 16 heavy (non-hydrogen) atoms. The van der Waals surface area contributed by atoms with Gasteiger partial charge in [-0.05, 0) is 40.5 Å². The number of likely N-dealkylation sites (tertiary alicyclic amines) is 1. The van der Waals surface area contributed by atoms with E-state index in [0.717, 1.165) is 6.54 Å². The van der Waals surface area contributed by atoms with E-state index in [1.807, 2.05) is 25.7 Å². The van der Waals surface area contributed by atoms with E-state index in [1.165, 1.54) is 12.8 Å². The largest absolute Gasteiger partial charge is 0.444 e. The Labute approximate surface area is 97.3 Å². The summed E-state index contributed by atoms with van der Waals surface area (Å²) in [4.78, 5) is 13.9. The van der Waals surface area contributed by atoms with Crippen LogP contribution in [0.4, 0.5) is 4.79 Å². The van der Waals surface area contributed by atoms with Crippen LogP contribution in [0.2, 0.25) is 0 Å². The standard InChI is InChI=1S/C12H22N2O2/c1-8-10-6-5-9(13-10)7-14(8)11(15)16-12(2,3)4/h8-10,13H,5-7H2,1-4H3. The lowest BCUT2D eigenvalue weighted by molar-refractivity contribution is 0.00796. The molecule has 1 N–H and O–H groups in total. The van der Waals surface area contributed by atoms with Crippen molar-refractivity contribution in [3.8, 4) is 0 Å². The molecule has 2 rings (SSSR count). The third kappa shape index (κ3) is 2.32. The van der Waals surface area contributed by atoms with Gasteiger partial charge in [-0.15, -0.1) is 0 Å². The van der Waals surface area contributed by atoms with Crippen molar-refractivity contribution in [2.75, 3.05) is 6.54 Å². The van der Waals surface area contributed by atoms with Gasteiger partial charge in [-0.1, -0.05) is 0 Å². The number of nitrogens with one attached hydrogen (secondary N) is 1. The molecule has 2 aliphatic heterocycles. The highest BCUT2D eigenvalue weighted by Gasteiger charge is 2.41. The lowest BCUT2D eigenvalue weighted by Gasteiger charge is -2.39. The maximum Gasteiger partial charge on any atom is 0.410 e. The number of carbonyl (C=O) groups is 1. The minimum absolute atomic E-state index is 0.168. The summed E-state index contributed by atoms with van der Waals surface area (Å²) in [6, 6.07) is 1.16. The predicted molar refractivity (Wildman–Crippen MR) is 62.3 cm³/mol. The Morgan fingerprint density at radius 1 is 1.38 bits per heavy atom. The molecule has 3 unspecified atom stereocenters. The first-order valence-corrected chi connectivity index (χ1v) is 6.12. The van der Waals surface area contributed by atoms with Crippen molar-refractivity contribution in [2.24, 2.45) is 0 Å². The van der Waals surface area contributed by atoms with Crippen molar-refractivity contribution < 1.29 is 9.53 Å². The molecule has 2 bridgehead atoms. The molecular formula is C12H22N2O2. The zero-order valence-electron chi connectivity index (χ0n) is 10.6. The molecule has 1 amide bonds. The molecule has 2 heterocycles. The van der Waals surface area contributed by atoms with Crippen molar-refractivity contribution in [2.45, 2.75) is 64.3 Å². The average Bonchev–Trinajstić information content (AvgIpc) is 2.53. The van der Waals surface area contributed by atoms with Gasteiger partial charge < -0.3 is 15.0 Å². The van der Waals surface area contributed by atoms with Crippen molar-refractivity contribution >= 4 is 6.09 Å². The first kappa shape index (κ1) is 11.7. The summed E-state index contributed by atoms with van der Waals surface area (Å²) in [5.74, 6) is 0. The Bertz CT molecular complexity index is 285. The van der Waals surface area contributed by atoms with Gasteiger partial charge in [0.05, 0.1) is 0 Å². The molecule has 0 aromatic heterocycles. The van der Waals surface area contributed by atoms with Gasteiger partial charge in [0.15, 0.2) is 0 Å². The Kier molecular flexibility index (Phi) is 2.86. The molecule has 4 heteroatoms. The highest BCUT2D eigenvalue weighted by molar-refractivity contribution is 5.69. The summed E-state index contributed by atoms with van der Waals surface area (Å²) in [5, 5.41) is 3.54. The molecule has 2 fully saturated rings. The van der Waals surface area contributed by atoms with Crippen molar-refractivity contribution in [3.05, 3.63) is 0 Å². The first-order valence-electron chi connectivity index (χ1n) is 6.12. The molecule has 2 saturated heterocycles. The summed E-state index contributed by atoms with van der Waals surface area (Å²) in [6.45, 7) is 8.61. The number of hydrogen-bond donors (Lipinski definition) is 1. The summed E-state index contributed by atoms with van der Waals surface area (Å²) in [5.41, 5.74) is -0.402. The Morgan fingerprint density at radius 2 is 2.06 bits per heavy atom. The molecular weight excluding hydrogens is 204 g/mol. The molecule has 2 aliphatic rings. The van der Waals surface area contributed by atoms with E-state index in [9.17, 15) is 4.79 Å². The van der Waals surface area contributed by atoms with Gasteiger partial charge in [0.25, 0.3) is 0 Å². The van der Waals surface area contributed by atoms with E-state index in [0.29, 0.717) is 12.1 Å². The average molecular weight is 226 g/mol.